The van der Waals surface area contributed by atoms with Crippen LogP contribution in [0.25, 0.3) is 11.0 Å². The van der Waals surface area contributed by atoms with Gasteiger partial charge in [-0.05, 0) is 80.4 Å². The van der Waals surface area contributed by atoms with Gasteiger partial charge in [0.1, 0.15) is 31.4 Å². The molecule has 0 bridgehead atoms. The number of aromatic amines is 1. The quantitative estimate of drug-likeness (QED) is 0.0231. The average Bonchev–Trinajstić information content (AvgIpc) is 3.86. The molecule has 7 N–H and O–H groups in total. The maximum atomic E-state index is 14.1. The van der Waals surface area contributed by atoms with E-state index < -0.39 is 32.4 Å². The Balaban J connectivity index is 1.15. The van der Waals surface area contributed by atoms with Crippen LogP contribution in [-0.2, 0) is 48.1 Å². The van der Waals surface area contributed by atoms with E-state index in [1.54, 1.807) is 47.5 Å². The van der Waals surface area contributed by atoms with Crippen LogP contribution in [0.15, 0.2) is 65.8 Å². The van der Waals surface area contributed by atoms with Crippen LogP contribution in [0.4, 0.5) is 10.5 Å². The van der Waals surface area contributed by atoms with Crippen molar-refractivity contribution in [1.29, 1.82) is 0 Å². The first kappa shape index (κ1) is 45.9. The van der Waals surface area contributed by atoms with E-state index in [1.165, 1.54) is 0 Å². The molecule has 20 heteroatoms. The minimum atomic E-state index is -4.36. The largest absolute Gasteiger partial charge is 0.472 e. The van der Waals surface area contributed by atoms with E-state index >= 15 is 0 Å². The topological polar surface area (TPSA) is 245 Å². The third kappa shape index (κ3) is 14.0. The molecular weight excluding hydrogens is 797 g/mol. The van der Waals surface area contributed by atoms with Crippen molar-refractivity contribution in [2.45, 2.75) is 45.0 Å². The first-order valence-electron chi connectivity index (χ1n) is 19.8. The van der Waals surface area contributed by atoms with Crippen LogP contribution in [0, 0.1) is 5.92 Å². The molecule has 1 aliphatic heterocycles. The molecule has 1 saturated heterocycles. The first-order valence-corrected chi connectivity index (χ1v) is 21.3. The van der Waals surface area contributed by atoms with E-state index in [2.05, 4.69) is 20.6 Å². The second-order valence-electron chi connectivity index (χ2n) is 15.5. The molecule has 1 fully saturated rings. The SMILES string of the molecule is Cn1c(CNc2ccc(/C(N)=N/C(=O)OCc3ccc[nH]3)cc2)nc2cc(C(=O)N(CCC(=O)OCC(CO)COP(=O)(O)OCC[N+](C)(C)C)C3CCCCN3)ccc21. The number of aliphatic hydroxyl groups is 1. The molecule has 0 radical (unpaired) electrons. The number of fused-ring (bicyclic) bond motifs is 1. The van der Waals surface area contributed by atoms with Crippen LogP contribution >= 0.6 is 7.82 Å². The van der Waals surface area contributed by atoms with Gasteiger partial charge in [-0.1, -0.05) is 0 Å². The Morgan fingerprint density at radius 1 is 1.08 bits per heavy atom. The number of carbonyl (C=O) groups is 3. The van der Waals surface area contributed by atoms with E-state index in [0.717, 1.165) is 42.1 Å². The van der Waals surface area contributed by atoms with Gasteiger partial charge in [0, 0.05) is 42.5 Å². The third-order valence-corrected chi connectivity index (χ3v) is 10.8. The number of ether oxygens (including phenoxy) is 2. The van der Waals surface area contributed by atoms with E-state index in [-0.39, 0.29) is 57.3 Å². The number of hydrogen-bond donors (Lipinski definition) is 6. The number of amides is 2. The number of phosphoric ester groups is 1. The number of aliphatic hydroxyl groups excluding tert-OH is 1. The van der Waals surface area contributed by atoms with Gasteiger partial charge in [-0.15, -0.1) is 0 Å². The maximum Gasteiger partial charge on any atom is 0.472 e. The van der Waals surface area contributed by atoms with Gasteiger partial charge in [-0.25, -0.2) is 14.3 Å². The number of benzene rings is 2. The second kappa shape index (κ2) is 21.4. The number of anilines is 1. The van der Waals surface area contributed by atoms with Gasteiger partial charge in [0.05, 0.1) is 76.8 Å². The highest BCUT2D eigenvalue weighted by atomic mass is 31.2. The summed E-state index contributed by atoms with van der Waals surface area (Å²) in [4.78, 5) is 62.3. The van der Waals surface area contributed by atoms with Crippen molar-refractivity contribution in [3.05, 3.63) is 83.4 Å². The number of rotatable bonds is 21. The van der Waals surface area contributed by atoms with Gasteiger partial charge >= 0.3 is 19.9 Å². The molecule has 0 spiro atoms. The molecule has 5 rings (SSSR count). The second-order valence-corrected chi connectivity index (χ2v) is 17.0. The molecule has 2 aromatic carbocycles. The van der Waals surface area contributed by atoms with Gasteiger partial charge in [0.2, 0.25) is 0 Å². The first-order chi connectivity index (χ1) is 28.6. The van der Waals surface area contributed by atoms with Crippen LogP contribution in [-0.4, -0.2) is 131 Å². The summed E-state index contributed by atoms with van der Waals surface area (Å²) in [5.74, 6) is -0.874. The molecule has 3 unspecified atom stereocenters. The lowest BCUT2D eigenvalue weighted by atomic mass is 10.1. The van der Waals surface area contributed by atoms with Gasteiger partial charge in [-0.2, -0.15) is 4.99 Å². The number of aliphatic imine (C=N–C) groups is 1. The summed E-state index contributed by atoms with van der Waals surface area (Å²) >= 11 is 0. The van der Waals surface area contributed by atoms with Crippen molar-refractivity contribution >= 4 is 48.3 Å². The van der Waals surface area contributed by atoms with Crippen molar-refractivity contribution in [3.8, 4) is 0 Å². The number of nitrogens with zero attached hydrogens (tertiary/aromatic N) is 5. The lowest BCUT2D eigenvalue weighted by molar-refractivity contribution is -0.870. The van der Waals surface area contributed by atoms with Crippen LogP contribution in [0.5, 0.6) is 0 Å². The van der Waals surface area contributed by atoms with Crippen LogP contribution in [0.2, 0.25) is 0 Å². The van der Waals surface area contributed by atoms with Crippen LogP contribution in [0.3, 0.4) is 0 Å². The predicted molar refractivity (Wildman–Crippen MR) is 224 cm³/mol. The number of esters is 1. The van der Waals surface area contributed by atoms with E-state index in [0.29, 0.717) is 40.6 Å². The highest BCUT2D eigenvalue weighted by Gasteiger charge is 2.28. The number of likely N-dealkylation sites (N-methyl/N-ethyl adjacent to an activating group) is 1. The smallest absolute Gasteiger partial charge is 0.465 e. The molecule has 60 heavy (non-hydrogen) atoms. The Morgan fingerprint density at radius 2 is 1.85 bits per heavy atom. The Labute approximate surface area is 349 Å². The molecule has 0 saturated carbocycles. The normalized spacial score (nSPS) is 16.2. The molecule has 3 atom stereocenters. The summed E-state index contributed by atoms with van der Waals surface area (Å²) < 4.78 is 35.3. The molecule has 326 valence electrons. The van der Waals surface area contributed by atoms with Gasteiger partial charge in [-0.3, -0.25) is 24.0 Å². The summed E-state index contributed by atoms with van der Waals surface area (Å²) in [5.41, 5.74) is 9.98. The summed E-state index contributed by atoms with van der Waals surface area (Å²) in [6.45, 7) is 0.651. The van der Waals surface area contributed by atoms with E-state index in [4.69, 9.17) is 29.2 Å². The van der Waals surface area contributed by atoms with Crippen molar-refractivity contribution in [2.24, 2.45) is 23.7 Å². The Hall–Kier alpha value is -5.14. The number of phosphoric acid groups is 1. The minimum absolute atomic E-state index is 0.000149. The van der Waals surface area contributed by atoms with Crippen LogP contribution in [0.1, 0.15) is 53.1 Å². The summed E-state index contributed by atoms with van der Waals surface area (Å²) in [6, 6.07) is 16.0. The molecule has 1 aliphatic rings. The van der Waals surface area contributed by atoms with Crippen molar-refractivity contribution in [1.82, 2.24) is 24.8 Å². The summed E-state index contributed by atoms with van der Waals surface area (Å²) in [7, 11) is 3.27. The summed E-state index contributed by atoms with van der Waals surface area (Å²) in [5, 5.41) is 16.5. The molecule has 2 amide bonds. The number of aryl methyl sites for hydroxylation is 1. The van der Waals surface area contributed by atoms with Crippen molar-refractivity contribution in [2.75, 3.05) is 72.5 Å². The number of nitrogens with one attached hydrogen (secondary N) is 3. The van der Waals surface area contributed by atoms with Gasteiger partial charge in [0.25, 0.3) is 5.91 Å². The molecule has 3 heterocycles. The van der Waals surface area contributed by atoms with Crippen molar-refractivity contribution in [3.63, 3.8) is 0 Å². The molecular formula is C40H57N9O10P+. The highest BCUT2D eigenvalue weighted by Crippen LogP contribution is 2.43. The standard InChI is InChI=1S/C40H56N9O10P/c1-47-34-15-12-30(22-33(34)45-36(47)23-44-31-13-10-29(11-14-31)38(41)46-40(53)57-27-32-8-7-18-42-32)39(52)48(35-9-5-6-17-43-35)19-16-37(51)56-25-28(24-50)26-59-60(54,55)58-21-20-49(2,3)4/h7-8,10-15,18,22,28,35,42-43,50H,5-6,9,16-17,19-21,23-27H2,1-4H3,(H3-,41,44,46,53,54,55)/p+1. The van der Waals surface area contributed by atoms with E-state index in [1.807, 2.05) is 51.0 Å². The number of amidine groups is 1. The lowest BCUT2D eigenvalue weighted by Gasteiger charge is -2.35. The number of piperidine rings is 1. The Morgan fingerprint density at radius 3 is 2.53 bits per heavy atom. The van der Waals surface area contributed by atoms with Gasteiger partial charge < -0.3 is 49.5 Å². The van der Waals surface area contributed by atoms with Crippen molar-refractivity contribution < 1.29 is 52.0 Å². The number of quaternary nitrogens is 1. The predicted octanol–water partition coefficient (Wildman–Crippen LogP) is 3.48. The number of H-pyrrole nitrogens is 1. The average molecular weight is 855 g/mol. The van der Waals surface area contributed by atoms with E-state index in [9.17, 15) is 28.9 Å². The Kier molecular flexibility index (Phi) is 16.4. The zero-order valence-corrected chi connectivity index (χ0v) is 35.4. The number of imidazole rings is 1. The number of nitrogens with two attached hydrogens (primary N) is 1. The number of aromatic nitrogens is 3. The van der Waals surface area contributed by atoms with Crippen LogP contribution < -0.4 is 16.4 Å². The fourth-order valence-corrected chi connectivity index (χ4v) is 7.04. The number of hydrogen-bond acceptors (Lipinski definition) is 12. The minimum Gasteiger partial charge on any atom is -0.465 e. The maximum absolute atomic E-state index is 14.1. The Bertz CT molecular complexity index is 2110. The van der Waals surface area contributed by atoms with Gasteiger partial charge in [0.15, 0.2) is 0 Å². The fourth-order valence-electron chi connectivity index (χ4n) is 6.25. The zero-order valence-electron chi connectivity index (χ0n) is 34.5. The zero-order chi connectivity index (χ0) is 43.3. The number of carbonyl (C=O) groups excluding carboxylic acids is 3. The molecule has 0 aliphatic carbocycles. The molecule has 4 aromatic rings. The molecule has 19 nitrogen and oxygen atoms in total. The third-order valence-electron chi connectivity index (χ3n) is 9.78. The molecule has 2 aromatic heterocycles. The monoisotopic (exact) mass is 854 g/mol. The highest BCUT2D eigenvalue weighted by molar-refractivity contribution is 7.47. The summed E-state index contributed by atoms with van der Waals surface area (Å²) in [6.07, 6.45) is 3.14. The lowest BCUT2D eigenvalue weighted by Crippen LogP contribution is -2.51. The fraction of sp³-hybridized carbons (Fsp3) is 0.475.